The number of benzene rings is 2. The predicted molar refractivity (Wildman–Crippen MR) is 105 cm³/mol. The first-order chi connectivity index (χ1) is 12.6. The van der Waals surface area contributed by atoms with Crippen molar-refractivity contribution < 1.29 is 14.3 Å². The average Bonchev–Trinajstić information content (AvgIpc) is 3.14. The number of carbonyl (C=O) groups excluding carboxylic acids is 1. The number of hydrogen-bond acceptors (Lipinski definition) is 5. The lowest BCUT2D eigenvalue weighted by atomic mass is 10.1. The van der Waals surface area contributed by atoms with Gasteiger partial charge in [0, 0.05) is 23.9 Å². The van der Waals surface area contributed by atoms with Gasteiger partial charge in [-0.25, -0.2) is 0 Å². The van der Waals surface area contributed by atoms with Crippen LogP contribution in [0.1, 0.15) is 21.5 Å². The molecule has 1 heterocycles. The third-order valence-electron chi connectivity index (χ3n) is 4.26. The van der Waals surface area contributed by atoms with Crippen LogP contribution in [0, 0.1) is 6.92 Å². The summed E-state index contributed by atoms with van der Waals surface area (Å²) in [4.78, 5) is 19.2. The van der Waals surface area contributed by atoms with E-state index in [1.165, 1.54) is 11.1 Å². The van der Waals surface area contributed by atoms with Crippen LogP contribution < -0.4 is 9.47 Å². The SMILES string of the molecule is COc1cc(OC)cc(C(=O)N2CCN=C2SCc2ccccc2C)c1. The highest BCUT2D eigenvalue weighted by atomic mass is 32.2. The number of aryl methyl sites for hydroxylation is 1. The topological polar surface area (TPSA) is 51.1 Å². The third-order valence-corrected chi connectivity index (χ3v) is 5.33. The van der Waals surface area contributed by atoms with Crippen molar-refractivity contribution in [3.63, 3.8) is 0 Å². The highest BCUT2D eigenvalue weighted by Gasteiger charge is 2.26. The molecule has 0 fully saturated rings. The molecule has 1 aliphatic heterocycles. The second-order valence-corrected chi connectivity index (χ2v) is 6.88. The lowest BCUT2D eigenvalue weighted by Crippen LogP contribution is -2.32. The maximum absolute atomic E-state index is 13.0. The van der Waals surface area contributed by atoms with Gasteiger partial charge in [-0.2, -0.15) is 0 Å². The van der Waals surface area contributed by atoms with Gasteiger partial charge in [-0.05, 0) is 30.2 Å². The van der Waals surface area contributed by atoms with E-state index in [-0.39, 0.29) is 5.91 Å². The number of nitrogens with zero attached hydrogens (tertiary/aromatic N) is 2. The summed E-state index contributed by atoms with van der Waals surface area (Å²) in [7, 11) is 3.15. The maximum Gasteiger partial charge on any atom is 0.260 e. The molecule has 0 bridgehead atoms. The van der Waals surface area contributed by atoms with Gasteiger partial charge in [0.25, 0.3) is 5.91 Å². The number of amides is 1. The monoisotopic (exact) mass is 370 g/mol. The summed E-state index contributed by atoms with van der Waals surface area (Å²) >= 11 is 1.59. The number of rotatable bonds is 5. The van der Waals surface area contributed by atoms with Crippen LogP contribution in [0.3, 0.4) is 0 Å². The third kappa shape index (κ3) is 4.02. The second kappa shape index (κ2) is 8.27. The Hall–Kier alpha value is -2.47. The van der Waals surface area contributed by atoms with E-state index < -0.39 is 0 Å². The minimum Gasteiger partial charge on any atom is -0.497 e. The van der Waals surface area contributed by atoms with Gasteiger partial charge in [0.15, 0.2) is 5.17 Å². The van der Waals surface area contributed by atoms with E-state index in [4.69, 9.17) is 9.47 Å². The number of hydrogen-bond donors (Lipinski definition) is 0. The Labute approximate surface area is 158 Å². The van der Waals surface area contributed by atoms with E-state index in [0.29, 0.717) is 30.2 Å². The molecule has 0 saturated heterocycles. The number of ether oxygens (including phenoxy) is 2. The molecule has 5 nitrogen and oxygen atoms in total. The van der Waals surface area contributed by atoms with Gasteiger partial charge in [0.2, 0.25) is 0 Å². The van der Waals surface area contributed by atoms with E-state index in [2.05, 4.69) is 24.0 Å². The molecule has 2 aromatic rings. The van der Waals surface area contributed by atoms with Gasteiger partial charge in [-0.3, -0.25) is 14.7 Å². The van der Waals surface area contributed by atoms with Crippen LogP contribution in [0.15, 0.2) is 47.5 Å². The number of thioether (sulfide) groups is 1. The largest absolute Gasteiger partial charge is 0.497 e. The average molecular weight is 370 g/mol. The molecule has 1 amide bonds. The summed E-state index contributed by atoms with van der Waals surface area (Å²) < 4.78 is 10.5. The fourth-order valence-corrected chi connectivity index (χ4v) is 3.86. The first-order valence-electron chi connectivity index (χ1n) is 8.39. The fourth-order valence-electron chi connectivity index (χ4n) is 2.74. The zero-order valence-corrected chi connectivity index (χ0v) is 16.0. The van der Waals surface area contributed by atoms with Crippen molar-refractivity contribution >= 4 is 22.8 Å². The smallest absolute Gasteiger partial charge is 0.260 e. The lowest BCUT2D eigenvalue weighted by molar-refractivity contribution is 0.0860. The molecule has 2 aromatic carbocycles. The second-order valence-electron chi connectivity index (χ2n) is 5.94. The Morgan fingerprint density at radius 1 is 1.15 bits per heavy atom. The minimum atomic E-state index is -0.0873. The summed E-state index contributed by atoms with van der Waals surface area (Å²) in [5.74, 6) is 1.89. The van der Waals surface area contributed by atoms with Crippen LogP contribution in [0.4, 0.5) is 0 Å². The lowest BCUT2D eigenvalue weighted by Gasteiger charge is -2.19. The van der Waals surface area contributed by atoms with Gasteiger partial charge in [-0.15, -0.1) is 0 Å². The van der Waals surface area contributed by atoms with Crippen molar-refractivity contribution in [1.29, 1.82) is 0 Å². The van der Waals surface area contributed by atoms with Crippen LogP contribution >= 0.6 is 11.8 Å². The molecule has 136 valence electrons. The Kier molecular flexibility index (Phi) is 5.83. The normalized spacial score (nSPS) is 13.5. The van der Waals surface area contributed by atoms with Gasteiger partial charge in [-0.1, -0.05) is 36.0 Å². The highest BCUT2D eigenvalue weighted by Crippen LogP contribution is 2.26. The summed E-state index contributed by atoms with van der Waals surface area (Å²) in [6.45, 7) is 3.31. The molecule has 6 heteroatoms. The van der Waals surface area contributed by atoms with Crippen molar-refractivity contribution in [3.05, 3.63) is 59.2 Å². The van der Waals surface area contributed by atoms with Crippen LogP contribution in [-0.2, 0) is 5.75 Å². The Balaban J connectivity index is 1.75. The van der Waals surface area contributed by atoms with E-state index in [9.17, 15) is 4.79 Å². The van der Waals surface area contributed by atoms with Crippen LogP contribution in [-0.4, -0.2) is 43.3 Å². The standard InChI is InChI=1S/C20H22N2O3S/c1-14-6-4-5-7-15(14)13-26-20-21-8-9-22(20)19(23)16-10-17(24-2)12-18(11-16)25-3/h4-7,10-12H,8-9,13H2,1-3H3. The van der Waals surface area contributed by atoms with Gasteiger partial charge in [0.1, 0.15) is 11.5 Å². The van der Waals surface area contributed by atoms with Gasteiger partial charge in [0.05, 0.1) is 20.8 Å². The molecular formula is C20H22N2O3S. The number of aliphatic imine (C=N–C) groups is 1. The van der Waals surface area contributed by atoms with Crippen molar-refractivity contribution in [2.24, 2.45) is 4.99 Å². The van der Waals surface area contributed by atoms with E-state index in [1.807, 2.05) is 12.1 Å². The molecule has 26 heavy (non-hydrogen) atoms. The molecule has 0 unspecified atom stereocenters. The number of amidine groups is 1. The van der Waals surface area contributed by atoms with Crippen LogP contribution in [0.5, 0.6) is 11.5 Å². The molecule has 1 aliphatic rings. The summed E-state index contributed by atoms with van der Waals surface area (Å²) in [6.07, 6.45) is 0. The molecular weight excluding hydrogens is 348 g/mol. The van der Waals surface area contributed by atoms with Crippen LogP contribution in [0.25, 0.3) is 0 Å². The fraction of sp³-hybridized carbons (Fsp3) is 0.300. The number of carbonyl (C=O) groups is 1. The van der Waals surface area contributed by atoms with Gasteiger partial charge < -0.3 is 9.47 Å². The summed E-state index contributed by atoms with van der Waals surface area (Å²) in [5.41, 5.74) is 3.03. The number of methoxy groups -OCH3 is 2. The highest BCUT2D eigenvalue weighted by molar-refractivity contribution is 8.13. The molecule has 0 aromatic heterocycles. The summed E-state index contributed by atoms with van der Waals surface area (Å²) in [5, 5.41) is 0.764. The van der Waals surface area contributed by atoms with Crippen molar-refractivity contribution in [3.8, 4) is 11.5 Å². The molecule has 0 aliphatic carbocycles. The molecule has 0 radical (unpaired) electrons. The van der Waals surface area contributed by atoms with Gasteiger partial charge >= 0.3 is 0 Å². The van der Waals surface area contributed by atoms with Crippen LogP contribution in [0.2, 0.25) is 0 Å². The zero-order valence-electron chi connectivity index (χ0n) is 15.2. The van der Waals surface area contributed by atoms with Crippen molar-refractivity contribution in [1.82, 2.24) is 4.90 Å². The molecule has 3 rings (SSSR count). The van der Waals surface area contributed by atoms with E-state index in [0.717, 1.165) is 10.9 Å². The van der Waals surface area contributed by atoms with E-state index >= 15 is 0 Å². The van der Waals surface area contributed by atoms with Crippen molar-refractivity contribution in [2.45, 2.75) is 12.7 Å². The molecule has 0 atom stereocenters. The Bertz CT molecular complexity index is 813. The minimum absolute atomic E-state index is 0.0873. The first kappa shape index (κ1) is 18.3. The predicted octanol–water partition coefficient (Wildman–Crippen LogP) is 3.76. The van der Waals surface area contributed by atoms with E-state index in [1.54, 1.807) is 49.1 Å². The quantitative estimate of drug-likeness (QED) is 0.804. The molecule has 0 N–H and O–H groups in total. The zero-order chi connectivity index (χ0) is 18.5. The molecule has 0 spiro atoms. The molecule has 0 saturated carbocycles. The maximum atomic E-state index is 13.0. The van der Waals surface area contributed by atoms with Crippen molar-refractivity contribution in [2.75, 3.05) is 27.3 Å². The summed E-state index contributed by atoms with van der Waals surface area (Å²) in [6, 6.07) is 13.5. The first-order valence-corrected chi connectivity index (χ1v) is 9.37. The Morgan fingerprint density at radius 3 is 2.50 bits per heavy atom. The Morgan fingerprint density at radius 2 is 1.85 bits per heavy atom.